The van der Waals surface area contributed by atoms with Gasteiger partial charge in [0.15, 0.2) is 11.7 Å². The molecule has 3 aromatic rings. The summed E-state index contributed by atoms with van der Waals surface area (Å²) in [4.78, 5) is 11.4. The molecule has 4 rings (SSSR count). The molecule has 1 unspecified atom stereocenters. The Morgan fingerprint density at radius 1 is 1.19 bits per heavy atom. The van der Waals surface area contributed by atoms with Gasteiger partial charge in [-0.15, -0.1) is 24.0 Å². The number of guanidine groups is 1. The van der Waals surface area contributed by atoms with Crippen molar-refractivity contribution in [3.8, 4) is 17.1 Å². The molecule has 2 heterocycles. The molecule has 1 atom stereocenters. The van der Waals surface area contributed by atoms with E-state index < -0.39 is 0 Å². The Kier molecular flexibility index (Phi) is 8.78. The summed E-state index contributed by atoms with van der Waals surface area (Å²) in [5.74, 6) is 3.03. The first-order chi connectivity index (χ1) is 15.3. The second-order valence-electron chi connectivity index (χ2n) is 7.43. The van der Waals surface area contributed by atoms with Crippen LogP contribution in [0.25, 0.3) is 11.3 Å². The van der Waals surface area contributed by atoms with Gasteiger partial charge in [-0.2, -0.15) is 0 Å². The zero-order valence-corrected chi connectivity index (χ0v) is 20.8. The number of para-hydroxylation sites is 2. The average Bonchev–Trinajstić information content (AvgIpc) is 3.48. The minimum atomic E-state index is 0. The number of nitrogens with one attached hydrogen (secondary N) is 2. The number of nitrogens with zero attached hydrogens (tertiary/aromatic N) is 3. The van der Waals surface area contributed by atoms with Crippen molar-refractivity contribution in [3.05, 3.63) is 66.7 Å². The van der Waals surface area contributed by atoms with Crippen LogP contribution < -0.4 is 20.3 Å². The van der Waals surface area contributed by atoms with Crippen LogP contribution in [0.4, 0.5) is 5.69 Å². The summed E-state index contributed by atoms with van der Waals surface area (Å²) in [5.41, 5.74) is 2.14. The number of methoxy groups -OCH3 is 1. The number of aromatic nitrogens is 1. The maximum absolute atomic E-state index is 5.87. The van der Waals surface area contributed by atoms with Gasteiger partial charge in [0.2, 0.25) is 5.89 Å². The number of rotatable bonds is 7. The molecular weight excluding hydrogens is 517 g/mol. The summed E-state index contributed by atoms with van der Waals surface area (Å²) in [6.07, 6.45) is 2.78. The smallest absolute Gasteiger partial charge is 0.216 e. The second kappa shape index (κ2) is 11.8. The largest absolute Gasteiger partial charge is 0.495 e. The van der Waals surface area contributed by atoms with Crippen LogP contribution in [-0.4, -0.2) is 43.7 Å². The van der Waals surface area contributed by atoms with Crippen LogP contribution in [0.15, 0.2) is 70.2 Å². The van der Waals surface area contributed by atoms with E-state index in [9.17, 15) is 0 Å². The van der Waals surface area contributed by atoms with Gasteiger partial charge in [0, 0.05) is 31.2 Å². The molecule has 0 amide bonds. The molecule has 1 fully saturated rings. The standard InChI is InChI=1S/C24H29N5O2.HI/c1-3-25-24(27-16-23-26-15-22(31-23)18-9-5-4-6-10-18)28-19-13-14-29(17-19)20-11-7-8-12-21(20)30-2;/h4-12,15,19H,3,13-14,16-17H2,1-2H3,(H2,25,27,28);1H. The highest BCUT2D eigenvalue weighted by molar-refractivity contribution is 14.0. The molecule has 1 aromatic heterocycles. The van der Waals surface area contributed by atoms with Crippen LogP contribution >= 0.6 is 24.0 Å². The van der Waals surface area contributed by atoms with Gasteiger partial charge in [0.1, 0.15) is 12.3 Å². The molecule has 2 N–H and O–H groups in total. The van der Waals surface area contributed by atoms with Gasteiger partial charge >= 0.3 is 0 Å². The predicted octanol–water partition coefficient (Wildman–Crippen LogP) is 4.30. The van der Waals surface area contributed by atoms with Crippen molar-refractivity contribution in [1.29, 1.82) is 0 Å². The number of oxazole rings is 1. The highest BCUT2D eigenvalue weighted by atomic mass is 127. The first-order valence-corrected chi connectivity index (χ1v) is 10.7. The van der Waals surface area contributed by atoms with Crippen molar-refractivity contribution >= 4 is 35.6 Å². The molecule has 1 saturated heterocycles. The number of hydrogen-bond acceptors (Lipinski definition) is 5. The molecule has 32 heavy (non-hydrogen) atoms. The van der Waals surface area contributed by atoms with Crippen LogP contribution in [-0.2, 0) is 6.54 Å². The van der Waals surface area contributed by atoms with E-state index in [1.165, 1.54) is 0 Å². The van der Waals surface area contributed by atoms with Gasteiger partial charge in [-0.05, 0) is 25.5 Å². The highest BCUT2D eigenvalue weighted by Gasteiger charge is 2.25. The van der Waals surface area contributed by atoms with Crippen LogP contribution in [0.3, 0.4) is 0 Å². The van der Waals surface area contributed by atoms with Crippen LogP contribution in [0.2, 0.25) is 0 Å². The predicted molar refractivity (Wildman–Crippen MR) is 139 cm³/mol. The van der Waals surface area contributed by atoms with Crippen LogP contribution in [0.5, 0.6) is 5.75 Å². The monoisotopic (exact) mass is 547 g/mol. The molecule has 0 bridgehead atoms. The van der Waals surface area contributed by atoms with Gasteiger partial charge in [0.25, 0.3) is 0 Å². The van der Waals surface area contributed by atoms with E-state index in [0.29, 0.717) is 18.5 Å². The first kappa shape index (κ1) is 23.9. The highest BCUT2D eigenvalue weighted by Crippen LogP contribution is 2.30. The Bertz CT molecular complexity index is 1010. The molecular formula is C24H30IN5O2. The zero-order chi connectivity index (χ0) is 21.5. The van der Waals surface area contributed by atoms with Crippen LogP contribution in [0.1, 0.15) is 19.2 Å². The third-order valence-electron chi connectivity index (χ3n) is 5.28. The molecule has 0 saturated carbocycles. The van der Waals surface area contributed by atoms with E-state index in [-0.39, 0.29) is 24.0 Å². The molecule has 7 nitrogen and oxygen atoms in total. The quantitative estimate of drug-likeness (QED) is 0.261. The van der Waals surface area contributed by atoms with Crippen molar-refractivity contribution in [2.24, 2.45) is 4.99 Å². The molecule has 8 heteroatoms. The second-order valence-corrected chi connectivity index (χ2v) is 7.43. The number of aliphatic imine (C=N–C) groups is 1. The Morgan fingerprint density at radius 2 is 1.97 bits per heavy atom. The maximum Gasteiger partial charge on any atom is 0.216 e. The number of halogens is 1. The lowest BCUT2D eigenvalue weighted by Crippen LogP contribution is -2.44. The Balaban J connectivity index is 0.00000289. The topological polar surface area (TPSA) is 74.9 Å². The van der Waals surface area contributed by atoms with Crippen LogP contribution in [0, 0.1) is 0 Å². The van der Waals surface area contributed by atoms with E-state index in [2.05, 4.69) is 38.5 Å². The Labute approximate surface area is 206 Å². The lowest BCUT2D eigenvalue weighted by atomic mass is 10.2. The molecule has 2 aromatic carbocycles. The van der Waals surface area contributed by atoms with Crippen molar-refractivity contribution in [2.75, 3.05) is 31.6 Å². The Hall–Kier alpha value is -2.75. The molecule has 0 spiro atoms. The van der Waals surface area contributed by atoms with Crippen molar-refractivity contribution < 1.29 is 9.15 Å². The van der Waals surface area contributed by atoms with E-state index in [4.69, 9.17) is 9.15 Å². The molecule has 0 aliphatic carbocycles. The third kappa shape index (κ3) is 5.93. The summed E-state index contributed by atoms with van der Waals surface area (Å²) in [6.45, 7) is 5.09. The van der Waals surface area contributed by atoms with Gasteiger partial charge in [-0.3, -0.25) is 0 Å². The van der Waals surface area contributed by atoms with Crippen molar-refractivity contribution in [3.63, 3.8) is 0 Å². The van der Waals surface area contributed by atoms with E-state index >= 15 is 0 Å². The summed E-state index contributed by atoms with van der Waals surface area (Å²) in [6, 6.07) is 18.4. The van der Waals surface area contributed by atoms with Crippen molar-refractivity contribution in [1.82, 2.24) is 15.6 Å². The first-order valence-electron chi connectivity index (χ1n) is 10.7. The van der Waals surface area contributed by atoms with Gasteiger partial charge < -0.3 is 24.7 Å². The summed E-state index contributed by atoms with van der Waals surface area (Å²) in [5, 5.41) is 6.87. The number of hydrogen-bond donors (Lipinski definition) is 2. The SMILES string of the molecule is CCNC(=NCc1ncc(-c2ccccc2)o1)NC1CCN(c2ccccc2OC)C1.I. The number of benzene rings is 2. The lowest BCUT2D eigenvalue weighted by Gasteiger charge is -2.22. The summed E-state index contributed by atoms with van der Waals surface area (Å²) >= 11 is 0. The minimum absolute atomic E-state index is 0. The molecule has 1 aliphatic heterocycles. The zero-order valence-electron chi connectivity index (χ0n) is 18.5. The Morgan fingerprint density at radius 3 is 2.75 bits per heavy atom. The number of anilines is 1. The molecule has 1 aliphatic rings. The normalized spacial score (nSPS) is 15.9. The minimum Gasteiger partial charge on any atom is -0.495 e. The third-order valence-corrected chi connectivity index (χ3v) is 5.28. The van der Waals surface area contributed by atoms with E-state index in [0.717, 1.165) is 54.8 Å². The molecule has 0 radical (unpaired) electrons. The summed E-state index contributed by atoms with van der Waals surface area (Å²) < 4.78 is 11.4. The fraction of sp³-hybridized carbons (Fsp3) is 0.333. The summed E-state index contributed by atoms with van der Waals surface area (Å²) in [7, 11) is 1.71. The van der Waals surface area contributed by atoms with E-state index in [1.807, 2.05) is 48.5 Å². The maximum atomic E-state index is 5.87. The average molecular weight is 547 g/mol. The number of ether oxygens (including phenoxy) is 1. The molecule has 170 valence electrons. The van der Waals surface area contributed by atoms with Gasteiger partial charge in [0.05, 0.1) is 19.0 Å². The van der Waals surface area contributed by atoms with Gasteiger partial charge in [-0.25, -0.2) is 9.98 Å². The fourth-order valence-corrected chi connectivity index (χ4v) is 3.77. The van der Waals surface area contributed by atoms with Gasteiger partial charge in [-0.1, -0.05) is 42.5 Å². The van der Waals surface area contributed by atoms with Crippen molar-refractivity contribution in [2.45, 2.75) is 25.9 Å². The fourth-order valence-electron chi connectivity index (χ4n) is 3.77. The van der Waals surface area contributed by atoms with E-state index in [1.54, 1.807) is 13.3 Å². The lowest BCUT2D eigenvalue weighted by molar-refractivity contribution is 0.415.